The molecule has 5 rings (SSSR count). The number of aromatic nitrogens is 2. The van der Waals surface area contributed by atoms with E-state index in [2.05, 4.69) is 5.32 Å². The Balaban J connectivity index is 1.36. The maximum absolute atomic E-state index is 12.8. The van der Waals surface area contributed by atoms with E-state index in [-0.39, 0.29) is 5.91 Å². The number of hydrogen-bond acceptors (Lipinski definition) is 7. The topological polar surface area (TPSA) is 73.3 Å². The average molecular weight is 478 g/mol. The Kier molecular flexibility index (Phi) is 6.20. The number of benzene rings is 2. The Labute approximate surface area is 200 Å². The first-order chi connectivity index (χ1) is 16.1. The molecule has 4 aromatic rings. The van der Waals surface area contributed by atoms with Crippen LogP contribution in [0.15, 0.2) is 58.9 Å². The van der Waals surface area contributed by atoms with Crippen molar-refractivity contribution >= 4 is 39.9 Å². The molecule has 1 fully saturated rings. The second-order valence-electron chi connectivity index (χ2n) is 7.77. The summed E-state index contributed by atoms with van der Waals surface area (Å²) in [6.45, 7) is 0. The second kappa shape index (κ2) is 9.41. The molecule has 1 saturated carbocycles. The summed E-state index contributed by atoms with van der Waals surface area (Å²) in [6, 6.07) is 15.7. The van der Waals surface area contributed by atoms with E-state index >= 15 is 0 Å². The third kappa shape index (κ3) is 4.82. The summed E-state index contributed by atoms with van der Waals surface area (Å²) in [5.74, 6) is 2.10. The Morgan fingerprint density at radius 3 is 2.76 bits per heavy atom. The Hall–Kier alpha value is -3.10. The normalized spacial score (nSPS) is 13.2. The Bertz CT molecular complexity index is 1320. The molecule has 0 aliphatic heterocycles. The van der Waals surface area contributed by atoms with Crippen LogP contribution in [0.25, 0.3) is 21.5 Å². The molecular formula is C25H23N3O3S2. The number of pyridine rings is 1. The smallest absolute Gasteiger partial charge is 0.252 e. The number of ether oxygens (including phenoxy) is 2. The molecule has 0 saturated heterocycles. The summed E-state index contributed by atoms with van der Waals surface area (Å²) >= 11 is 3.16. The van der Waals surface area contributed by atoms with Crippen LogP contribution in [0.3, 0.4) is 0 Å². The quantitative estimate of drug-likeness (QED) is 0.335. The lowest BCUT2D eigenvalue weighted by molar-refractivity contribution is 0.0952. The minimum atomic E-state index is -0.0273. The van der Waals surface area contributed by atoms with Crippen LogP contribution in [0.1, 0.15) is 28.9 Å². The number of carbonyl (C=O) groups is 1. The van der Waals surface area contributed by atoms with Crippen molar-refractivity contribution in [3.63, 3.8) is 0 Å². The highest BCUT2D eigenvalue weighted by atomic mass is 32.2. The highest BCUT2D eigenvalue weighted by Gasteiger charge is 2.25. The van der Waals surface area contributed by atoms with E-state index < -0.39 is 0 Å². The van der Waals surface area contributed by atoms with Crippen LogP contribution in [0.4, 0.5) is 0 Å². The molecule has 1 aliphatic rings. The molecule has 6 nitrogen and oxygen atoms in total. The Morgan fingerprint density at radius 1 is 1.12 bits per heavy atom. The first-order valence-electron chi connectivity index (χ1n) is 10.6. The molecule has 8 heteroatoms. The lowest BCUT2D eigenvalue weighted by Crippen LogP contribution is -2.25. The fraction of sp³-hybridized carbons (Fsp3) is 0.240. The lowest BCUT2D eigenvalue weighted by Gasteiger charge is -2.09. The van der Waals surface area contributed by atoms with E-state index in [0.29, 0.717) is 17.4 Å². The van der Waals surface area contributed by atoms with Crippen molar-refractivity contribution in [3.05, 3.63) is 65.2 Å². The molecule has 0 atom stereocenters. The van der Waals surface area contributed by atoms with Gasteiger partial charge in [0, 0.05) is 28.6 Å². The van der Waals surface area contributed by atoms with Gasteiger partial charge in [-0.25, -0.2) is 9.97 Å². The standard InChI is InChI=1S/C25H23N3O3S2/c1-30-17-9-10-19(22(11-17)31-2)25-27-16(14-33-25)13-32-23-12-20(24(29)26-15-7-8-15)18-5-3-4-6-21(18)28-23/h3-6,9-12,14-15H,7-8,13H2,1-2H3,(H,26,29). The summed E-state index contributed by atoms with van der Waals surface area (Å²) in [5.41, 5.74) is 3.39. The number of fused-ring (bicyclic) bond motifs is 1. The molecule has 1 amide bonds. The number of methoxy groups -OCH3 is 2. The van der Waals surface area contributed by atoms with Gasteiger partial charge in [0.2, 0.25) is 0 Å². The van der Waals surface area contributed by atoms with Gasteiger partial charge < -0.3 is 14.8 Å². The number of rotatable bonds is 8. The summed E-state index contributed by atoms with van der Waals surface area (Å²) in [5, 5.41) is 7.72. The number of nitrogens with one attached hydrogen (secondary N) is 1. The maximum atomic E-state index is 12.8. The molecule has 1 N–H and O–H groups in total. The highest BCUT2D eigenvalue weighted by molar-refractivity contribution is 7.98. The van der Waals surface area contributed by atoms with Crippen LogP contribution < -0.4 is 14.8 Å². The van der Waals surface area contributed by atoms with Gasteiger partial charge in [-0.2, -0.15) is 0 Å². The molecule has 0 unspecified atom stereocenters. The van der Waals surface area contributed by atoms with Crippen molar-refractivity contribution < 1.29 is 14.3 Å². The van der Waals surface area contributed by atoms with Crippen molar-refractivity contribution in [3.8, 4) is 22.1 Å². The van der Waals surface area contributed by atoms with E-state index in [1.54, 1.807) is 37.3 Å². The average Bonchev–Trinajstić information content (AvgIpc) is 3.54. The molecule has 2 aromatic carbocycles. The summed E-state index contributed by atoms with van der Waals surface area (Å²) < 4.78 is 10.8. The van der Waals surface area contributed by atoms with E-state index in [9.17, 15) is 4.79 Å². The van der Waals surface area contributed by atoms with Gasteiger partial charge in [0.25, 0.3) is 5.91 Å². The summed E-state index contributed by atoms with van der Waals surface area (Å²) in [7, 11) is 3.28. The first kappa shape index (κ1) is 21.7. The van der Waals surface area contributed by atoms with E-state index in [1.165, 1.54) is 0 Å². The van der Waals surface area contributed by atoms with Crippen LogP contribution in [-0.2, 0) is 5.75 Å². The number of para-hydroxylation sites is 1. The number of hydrogen-bond donors (Lipinski definition) is 1. The van der Waals surface area contributed by atoms with Crippen molar-refractivity contribution in [2.75, 3.05) is 14.2 Å². The van der Waals surface area contributed by atoms with E-state index in [1.807, 2.05) is 53.9 Å². The van der Waals surface area contributed by atoms with Crippen LogP contribution in [0.2, 0.25) is 0 Å². The summed E-state index contributed by atoms with van der Waals surface area (Å²) in [6.07, 6.45) is 2.11. The zero-order valence-corrected chi connectivity index (χ0v) is 20.0. The van der Waals surface area contributed by atoms with Gasteiger partial charge in [0.05, 0.1) is 41.6 Å². The van der Waals surface area contributed by atoms with Crippen LogP contribution in [-0.4, -0.2) is 36.1 Å². The lowest BCUT2D eigenvalue weighted by atomic mass is 10.1. The largest absolute Gasteiger partial charge is 0.497 e. The van der Waals surface area contributed by atoms with Crippen molar-refractivity contribution in [1.29, 1.82) is 0 Å². The minimum Gasteiger partial charge on any atom is -0.497 e. The third-order valence-corrected chi connectivity index (χ3v) is 7.28. The van der Waals surface area contributed by atoms with Crippen molar-refractivity contribution in [2.24, 2.45) is 0 Å². The van der Waals surface area contributed by atoms with E-state index in [4.69, 9.17) is 19.4 Å². The number of thioether (sulfide) groups is 1. The van der Waals surface area contributed by atoms with Crippen molar-refractivity contribution in [2.45, 2.75) is 29.7 Å². The number of nitrogens with zero attached hydrogens (tertiary/aromatic N) is 2. The van der Waals surface area contributed by atoms with Gasteiger partial charge in [-0.3, -0.25) is 4.79 Å². The summed E-state index contributed by atoms with van der Waals surface area (Å²) in [4.78, 5) is 22.4. The van der Waals surface area contributed by atoms with Crippen LogP contribution >= 0.6 is 23.1 Å². The Morgan fingerprint density at radius 2 is 1.97 bits per heavy atom. The SMILES string of the molecule is COc1ccc(-c2nc(CSc3cc(C(=O)NC4CC4)c4ccccc4n3)cs2)c(OC)c1. The fourth-order valence-electron chi connectivity index (χ4n) is 3.52. The third-order valence-electron chi connectivity index (χ3n) is 5.41. The second-order valence-corrected chi connectivity index (χ2v) is 9.63. The molecule has 2 heterocycles. The molecule has 0 bridgehead atoms. The zero-order valence-electron chi connectivity index (χ0n) is 18.3. The minimum absolute atomic E-state index is 0.0273. The molecule has 1 aliphatic carbocycles. The first-order valence-corrected chi connectivity index (χ1v) is 12.5. The fourth-order valence-corrected chi connectivity index (χ4v) is 5.29. The number of carbonyl (C=O) groups excluding carboxylic acids is 1. The van der Waals surface area contributed by atoms with Gasteiger partial charge in [-0.1, -0.05) is 30.0 Å². The van der Waals surface area contributed by atoms with Crippen LogP contribution in [0, 0.1) is 0 Å². The molecule has 0 radical (unpaired) electrons. The predicted octanol–water partition coefficient (Wildman–Crippen LogP) is 5.56. The van der Waals surface area contributed by atoms with Crippen LogP contribution in [0.5, 0.6) is 11.5 Å². The molecule has 2 aromatic heterocycles. The molecule has 168 valence electrons. The van der Waals surface area contributed by atoms with Gasteiger partial charge in [-0.05, 0) is 37.1 Å². The highest BCUT2D eigenvalue weighted by Crippen LogP contribution is 2.36. The van der Waals surface area contributed by atoms with Crippen molar-refractivity contribution in [1.82, 2.24) is 15.3 Å². The van der Waals surface area contributed by atoms with Gasteiger partial charge in [-0.15, -0.1) is 11.3 Å². The van der Waals surface area contributed by atoms with E-state index in [0.717, 1.165) is 56.5 Å². The zero-order chi connectivity index (χ0) is 22.8. The van der Waals surface area contributed by atoms with Gasteiger partial charge >= 0.3 is 0 Å². The maximum Gasteiger partial charge on any atom is 0.252 e. The molecule has 0 spiro atoms. The monoisotopic (exact) mass is 477 g/mol. The molecule has 33 heavy (non-hydrogen) atoms. The number of amides is 1. The predicted molar refractivity (Wildman–Crippen MR) is 132 cm³/mol. The molecular weight excluding hydrogens is 454 g/mol. The van der Waals surface area contributed by atoms with Gasteiger partial charge in [0.15, 0.2) is 0 Å². The number of thiazole rings is 1. The van der Waals surface area contributed by atoms with Gasteiger partial charge in [0.1, 0.15) is 16.5 Å².